The third kappa shape index (κ3) is 2.86. The molecule has 1 aliphatic heterocycles. The van der Waals surface area contributed by atoms with E-state index in [1.54, 1.807) is 0 Å². The van der Waals surface area contributed by atoms with E-state index < -0.39 is 0 Å². The van der Waals surface area contributed by atoms with Crippen LogP contribution in [0.1, 0.15) is 38.0 Å². The molecule has 3 nitrogen and oxygen atoms in total. The van der Waals surface area contributed by atoms with Crippen molar-refractivity contribution in [2.24, 2.45) is 11.8 Å². The molecule has 1 saturated heterocycles. The van der Waals surface area contributed by atoms with Crippen LogP contribution in [0.15, 0.2) is 6.20 Å². The molecular formula is C14H23N3S. The van der Waals surface area contributed by atoms with E-state index in [1.165, 1.54) is 42.4 Å². The van der Waals surface area contributed by atoms with Crippen LogP contribution in [0.25, 0.3) is 0 Å². The Balaban J connectivity index is 1.55. The smallest absolute Gasteiger partial charge is 0.185 e. The third-order valence-corrected chi connectivity index (χ3v) is 5.18. The van der Waals surface area contributed by atoms with Crippen molar-refractivity contribution in [3.63, 3.8) is 0 Å². The maximum absolute atomic E-state index is 4.59. The van der Waals surface area contributed by atoms with Crippen molar-refractivity contribution in [2.45, 2.75) is 45.7 Å². The maximum Gasteiger partial charge on any atom is 0.185 e. The molecule has 0 aromatic carbocycles. The van der Waals surface area contributed by atoms with Gasteiger partial charge in [0.15, 0.2) is 5.13 Å². The van der Waals surface area contributed by atoms with Gasteiger partial charge in [0.2, 0.25) is 0 Å². The molecule has 3 rings (SSSR count). The van der Waals surface area contributed by atoms with Crippen LogP contribution in [0.4, 0.5) is 5.13 Å². The van der Waals surface area contributed by atoms with Crippen molar-refractivity contribution in [1.29, 1.82) is 0 Å². The minimum absolute atomic E-state index is 0.785. The first-order valence-electron chi connectivity index (χ1n) is 7.15. The Morgan fingerprint density at radius 2 is 2.28 bits per heavy atom. The van der Waals surface area contributed by atoms with E-state index in [1.807, 2.05) is 11.3 Å². The summed E-state index contributed by atoms with van der Waals surface area (Å²) in [6.45, 7) is 8.05. The van der Waals surface area contributed by atoms with E-state index in [9.17, 15) is 0 Å². The van der Waals surface area contributed by atoms with Crippen molar-refractivity contribution in [3.8, 4) is 0 Å². The van der Waals surface area contributed by atoms with Crippen molar-refractivity contribution >= 4 is 16.5 Å². The molecule has 1 aromatic heterocycles. The zero-order chi connectivity index (χ0) is 12.5. The number of hydrogen-bond acceptors (Lipinski definition) is 4. The molecule has 2 aliphatic rings. The summed E-state index contributed by atoms with van der Waals surface area (Å²) in [4.78, 5) is 8.44. The van der Waals surface area contributed by atoms with Crippen LogP contribution in [0.3, 0.4) is 0 Å². The quantitative estimate of drug-likeness (QED) is 0.887. The minimum Gasteiger partial charge on any atom is -0.348 e. The van der Waals surface area contributed by atoms with Crippen LogP contribution in [0, 0.1) is 11.8 Å². The van der Waals surface area contributed by atoms with Crippen molar-refractivity contribution < 1.29 is 0 Å². The summed E-state index contributed by atoms with van der Waals surface area (Å²) in [5.41, 5.74) is 0. The second kappa shape index (κ2) is 5.17. The second-order valence-corrected chi connectivity index (χ2v) is 7.10. The van der Waals surface area contributed by atoms with Gasteiger partial charge in [-0.05, 0) is 31.1 Å². The molecule has 1 unspecified atom stereocenters. The van der Waals surface area contributed by atoms with Gasteiger partial charge in [0, 0.05) is 36.8 Å². The third-order valence-electron chi connectivity index (χ3n) is 4.12. The Hall–Kier alpha value is -0.610. The average molecular weight is 265 g/mol. The predicted molar refractivity (Wildman–Crippen MR) is 77.1 cm³/mol. The second-order valence-electron chi connectivity index (χ2n) is 6.00. The lowest BCUT2D eigenvalue weighted by Gasteiger charge is -2.16. The van der Waals surface area contributed by atoms with Gasteiger partial charge in [0.25, 0.3) is 0 Å². The highest BCUT2D eigenvalue weighted by Gasteiger charge is 2.26. The van der Waals surface area contributed by atoms with Crippen molar-refractivity contribution in [3.05, 3.63) is 11.1 Å². The highest BCUT2D eigenvalue weighted by molar-refractivity contribution is 7.15. The lowest BCUT2D eigenvalue weighted by atomic mass is 9.95. The average Bonchev–Trinajstić information content (AvgIpc) is 2.88. The lowest BCUT2D eigenvalue weighted by Crippen LogP contribution is -2.20. The highest BCUT2D eigenvalue weighted by Crippen LogP contribution is 2.31. The first-order valence-corrected chi connectivity index (χ1v) is 7.97. The van der Waals surface area contributed by atoms with Crippen LogP contribution >= 0.6 is 11.3 Å². The van der Waals surface area contributed by atoms with Gasteiger partial charge >= 0.3 is 0 Å². The molecule has 0 radical (unpaired) electrons. The predicted octanol–water partition coefficient (Wildman–Crippen LogP) is 2.88. The van der Waals surface area contributed by atoms with Crippen molar-refractivity contribution in [1.82, 2.24) is 10.3 Å². The zero-order valence-electron chi connectivity index (χ0n) is 11.4. The molecule has 2 fully saturated rings. The van der Waals surface area contributed by atoms with Gasteiger partial charge in [0.05, 0.1) is 0 Å². The molecule has 100 valence electrons. The van der Waals surface area contributed by atoms with E-state index in [0.29, 0.717) is 0 Å². The Labute approximate surface area is 114 Å². The largest absolute Gasteiger partial charge is 0.348 e. The fourth-order valence-electron chi connectivity index (χ4n) is 2.56. The molecule has 1 atom stereocenters. The molecule has 1 saturated carbocycles. The summed E-state index contributed by atoms with van der Waals surface area (Å²) < 4.78 is 0. The molecule has 1 aliphatic carbocycles. The molecule has 0 spiro atoms. The first kappa shape index (κ1) is 12.4. The fraction of sp³-hybridized carbons (Fsp3) is 0.786. The van der Waals surface area contributed by atoms with Gasteiger partial charge in [-0.3, -0.25) is 0 Å². The number of thiazole rings is 1. The molecule has 4 heteroatoms. The van der Waals surface area contributed by atoms with Gasteiger partial charge in [-0.25, -0.2) is 4.98 Å². The number of rotatable bonds is 5. The van der Waals surface area contributed by atoms with E-state index in [4.69, 9.17) is 0 Å². The van der Waals surface area contributed by atoms with E-state index in [2.05, 4.69) is 35.2 Å². The maximum atomic E-state index is 4.59. The van der Waals surface area contributed by atoms with E-state index in [0.717, 1.165) is 24.4 Å². The van der Waals surface area contributed by atoms with Crippen LogP contribution in [0.5, 0.6) is 0 Å². The monoisotopic (exact) mass is 265 g/mol. The Morgan fingerprint density at radius 3 is 2.94 bits per heavy atom. The molecule has 0 bridgehead atoms. The molecule has 18 heavy (non-hydrogen) atoms. The first-order chi connectivity index (χ1) is 8.72. The van der Waals surface area contributed by atoms with Crippen LogP contribution < -0.4 is 10.2 Å². The summed E-state index contributed by atoms with van der Waals surface area (Å²) in [5, 5.41) is 4.78. The summed E-state index contributed by atoms with van der Waals surface area (Å²) in [5.74, 6) is 1.65. The van der Waals surface area contributed by atoms with E-state index >= 15 is 0 Å². The Kier molecular flexibility index (Phi) is 3.57. The highest BCUT2D eigenvalue weighted by atomic mass is 32.1. The molecule has 2 heterocycles. The Bertz CT molecular complexity index is 397. The molecule has 1 aromatic rings. The van der Waals surface area contributed by atoms with E-state index in [-0.39, 0.29) is 0 Å². The number of nitrogens with zero attached hydrogens (tertiary/aromatic N) is 2. The van der Waals surface area contributed by atoms with Gasteiger partial charge in [-0.1, -0.05) is 13.8 Å². The minimum atomic E-state index is 0.785. The standard InChI is InChI=1S/C14H23N3S/c1-10(2)11-5-6-17(9-11)14-16-8-13(18-14)7-15-12-3-4-12/h8,10-12,15H,3-7,9H2,1-2H3. The fourth-order valence-corrected chi connectivity index (χ4v) is 3.46. The van der Waals surface area contributed by atoms with Crippen LogP contribution in [-0.2, 0) is 6.54 Å². The van der Waals surface area contributed by atoms with Gasteiger partial charge in [-0.15, -0.1) is 11.3 Å². The Morgan fingerprint density at radius 1 is 1.44 bits per heavy atom. The molecule has 0 amide bonds. The summed E-state index contributed by atoms with van der Waals surface area (Å²) in [6, 6.07) is 0.785. The number of aromatic nitrogens is 1. The van der Waals surface area contributed by atoms with Crippen LogP contribution in [0.2, 0.25) is 0 Å². The van der Waals surface area contributed by atoms with Crippen LogP contribution in [-0.4, -0.2) is 24.1 Å². The summed E-state index contributed by atoms with van der Waals surface area (Å²) in [7, 11) is 0. The lowest BCUT2D eigenvalue weighted by molar-refractivity contribution is 0.423. The van der Waals surface area contributed by atoms with Gasteiger partial charge in [-0.2, -0.15) is 0 Å². The normalized spacial score (nSPS) is 24.2. The zero-order valence-corrected chi connectivity index (χ0v) is 12.2. The SMILES string of the molecule is CC(C)C1CCN(c2ncc(CNC3CC3)s2)C1. The summed E-state index contributed by atoms with van der Waals surface area (Å²) in [6.07, 6.45) is 6.09. The molecule has 1 N–H and O–H groups in total. The molecular weight excluding hydrogens is 242 g/mol. The topological polar surface area (TPSA) is 28.2 Å². The van der Waals surface area contributed by atoms with Crippen molar-refractivity contribution in [2.75, 3.05) is 18.0 Å². The number of nitrogens with one attached hydrogen (secondary N) is 1. The number of hydrogen-bond donors (Lipinski definition) is 1. The van der Waals surface area contributed by atoms with Gasteiger partial charge in [0.1, 0.15) is 0 Å². The summed E-state index contributed by atoms with van der Waals surface area (Å²) >= 11 is 1.87. The van der Waals surface area contributed by atoms with Gasteiger partial charge < -0.3 is 10.2 Å². The number of anilines is 1.